The summed E-state index contributed by atoms with van der Waals surface area (Å²) < 4.78 is 30.2. The van der Waals surface area contributed by atoms with Gasteiger partial charge in [0.05, 0.1) is 0 Å². The van der Waals surface area contributed by atoms with Crippen molar-refractivity contribution in [3.05, 3.63) is 72.0 Å². The lowest BCUT2D eigenvalue weighted by molar-refractivity contribution is 0.371. The molecular formula is C16H15N3O3S. The summed E-state index contributed by atoms with van der Waals surface area (Å²) in [5, 5.41) is 2.91. The summed E-state index contributed by atoms with van der Waals surface area (Å²) >= 11 is 0. The standard InChI is InChI=1S/C16H15N3O3S/c1-12(23(20,21)15-9-5-6-10-17-15)16-18-14(19-22-16)11-13-7-3-2-4-8-13/h2-10,12H,11H2,1H3/t12-/m1/s1. The highest BCUT2D eigenvalue weighted by atomic mass is 32.2. The maximum atomic E-state index is 12.5. The maximum absolute atomic E-state index is 12.5. The monoisotopic (exact) mass is 329 g/mol. The molecule has 3 aromatic rings. The summed E-state index contributed by atoms with van der Waals surface area (Å²) in [6.07, 6.45) is 1.93. The van der Waals surface area contributed by atoms with Crippen LogP contribution in [0.3, 0.4) is 0 Å². The predicted molar refractivity (Wildman–Crippen MR) is 83.4 cm³/mol. The van der Waals surface area contributed by atoms with Crippen molar-refractivity contribution < 1.29 is 12.9 Å². The average Bonchev–Trinajstić information content (AvgIpc) is 3.04. The lowest BCUT2D eigenvalue weighted by Gasteiger charge is -2.07. The Hall–Kier alpha value is -2.54. The van der Waals surface area contributed by atoms with E-state index in [-0.39, 0.29) is 10.9 Å². The van der Waals surface area contributed by atoms with Gasteiger partial charge in [-0.25, -0.2) is 13.4 Å². The minimum atomic E-state index is -3.66. The first-order valence-electron chi connectivity index (χ1n) is 7.08. The second kappa shape index (κ2) is 6.29. The van der Waals surface area contributed by atoms with Crippen LogP contribution in [0.15, 0.2) is 64.3 Å². The fourth-order valence-electron chi connectivity index (χ4n) is 2.11. The fourth-order valence-corrected chi connectivity index (χ4v) is 3.31. The van der Waals surface area contributed by atoms with Gasteiger partial charge in [-0.1, -0.05) is 41.6 Å². The molecule has 23 heavy (non-hydrogen) atoms. The minimum Gasteiger partial charge on any atom is -0.338 e. The second-order valence-corrected chi connectivity index (χ2v) is 7.28. The number of benzene rings is 1. The van der Waals surface area contributed by atoms with E-state index in [1.54, 1.807) is 12.1 Å². The SMILES string of the molecule is C[C@H](c1nc(Cc2ccccc2)no1)S(=O)(=O)c1ccccn1. The zero-order valence-electron chi connectivity index (χ0n) is 12.5. The number of hydrogen-bond donors (Lipinski definition) is 0. The van der Waals surface area contributed by atoms with E-state index in [0.717, 1.165) is 5.56 Å². The third-order valence-electron chi connectivity index (χ3n) is 3.43. The zero-order valence-corrected chi connectivity index (χ0v) is 13.3. The van der Waals surface area contributed by atoms with Crippen LogP contribution in [0.2, 0.25) is 0 Å². The van der Waals surface area contributed by atoms with Gasteiger partial charge in [0, 0.05) is 12.6 Å². The highest BCUT2D eigenvalue weighted by Crippen LogP contribution is 2.26. The molecule has 0 unspecified atom stereocenters. The molecule has 1 aromatic carbocycles. The molecule has 0 aliphatic heterocycles. The summed E-state index contributed by atoms with van der Waals surface area (Å²) in [5.41, 5.74) is 1.03. The maximum Gasteiger partial charge on any atom is 0.245 e. The second-order valence-electron chi connectivity index (χ2n) is 5.07. The summed E-state index contributed by atoms with van der Waals surface area (Å²) in [7, 11) is -3.66. The average molecular weight is 329 g/mol. The Balaban J connectivity index is 1.83. The largest absolute Gasteiger partial charge is 0.338 e. The number of pyridine rings is 1. The summed E-state index contributed by atoms with van der Waals surface area (Å²) in [5.74, 6) is 0.524. The van der Waals surface area contributed by atoms with Gasteiger partial charge in [-0.05, 0) is 24.6 Å². The molecule has 0 spiro atoms. The Bertz CT molecular complexity index is 877. The molecule has 0 bridgehead atoms. The Morgan fingerprint density at radius 3 is 2.52 bits per heavy atom. The third-order valence-corrected chi connectivity index (χ3v) is 5.39. The summed E-state index contributed by atoms with van der Waals surface area (Å²) in [6.45, 7) is 1.52. The summed E-state index contributed by atoms with van der Waals surface area (Å²) in [6, 6.07) is 14.4. The molecule has 0 radical (unpaired) electrons. The first-order chi connectivity index (χ1) is 11.1. The van der Waals surface area contributed by atoms with Gasteiger partial charge in [-0.2, -0.15) is 4.98 Å². The van der Waals surface area contributed by atoms with Gasteiger partial charge in [0.2, 0.25) is 15.7 Å². The van der Waals surface area contributed by atoms with Crippen LogP contribution in [0.5, 0.6) is 0 Å². The molecule has 0 aliphatic carbocycles. The highest BCUT2D eigenvalue weighted by Gasteiger charge is 2.30. The lowest BCUT2D eigenvalue weighted by Crippen LogP contribution is -2.12. The number of aromatic nitrogens is 3. The molecule has 2 aromatic heterocycles. The molecule has 2 heterocycles. The van der Waals surface area contributed by atoms with Crippen molar-refractivity contribution >= 4 is 9.84 Å². The van der Waals surface area contributed by atoms with Crippen LogP contribution in [0, 0.1) is 0 Å². The van der Waals surface area contributed by atoms with Crippen molar-refractivity contribution in [2.45, 2.75) is 23.6 Å². The van der Waals surface area contributed by atoms with Gasteiger partial charge in [-0.3, -0.25) is 0 Å². The molecule has 0 fully saturated rings. The van der Waals surface area contributed by atoms with Crippen LogP contribution in [0.1, 0.15) is 29.5 Å². The van der Waals surface area contributed by atoms with E-state index in [0.29, 0.717) is 12.2 Å². The molecule has 1 atom stereocenters. The molecule has 0 amide bonds. The third kappa shape index (κ3) is 3.29. The van der Waals surface area contributed by atoms with Crippen molar-refractivity contribution in [3.63, 3.8) is 0 Å². The minimum absolute atomic E-state index is 0.00434. The van der Waals surface area contributed by atoms with Gasteiger partial charge >= 0.3 is 0 Å². The highest BCUT2D eigenvalue weighted by molar-refractivity contribution is 7.91. The van der Waals surface area contributed by atoms with Gasteiger partial charge < -0.3 is 4.52 Å². The van der Waals surface area contributed by atoms with Crippen LogP contribution < -0.4 is 0 Å². The van der Waals surface area contributed by atoms with E-state index >= 15 is 0 Å². The van der Waals surface area contributed by atoms with E-state index in [4.69, 9.17) is 4.52 Å². The lowest BCUT2D eigenvalue weighted by atomic mass is 10.1. The van der Waals surface area contributed by atoms with Crippen LogP contribution in [-0.2, 0) is 16.3 Å². The molecule has 0 saturated heterocycles. The smallest absolute Gasteiger partial charge is 0.245 e. The molecule has 6 nitrogen and oxygen atoms in total. The number of sulfone groups is 1. The van der Waals surface area contributed by atoms with Crippen molar-refractivity contribution in [1.82, 2.24) is 15.1 Å². The fraction of sp³-hybridized carbons (Fsp3) is 0.188. The van der Waals surface area contributed by atoms with Crippen LogP contribution in [0.25, 0.3) is 0 Å². The van der Waals surface area contributed by atoms with E-state index < -0.39 is 15.1 Å². The van der Waals surface area contributed by atoms with E-state index in [1.165, 1.54) is 19.2 Å². The topological polar surface area (TPSA) is 86.0 Å². The Morgan fingerprint density at radius 2 is 1.83 bits per heavy atom. The van der Waals surface area contributed by atoms with Crippen molar-refractivity contribution in [1.29, 1.82) is 0 Å². The van der Waals surface area contributed by atoms with Gasteiger partial charge in [0.1, 0.15) is 5.25 Å². The number of nitrogens with zero attached hydrogens (tertiary/aromatic N) is 3. The van der Waals surface area contributed by atoms with Crippen LogP contribution >= 0.6 is 0 Å². The summed E-state index contributed by atoms with van der Waals surface area (Å²) in [4.78, 5) is 8.11. The molecule has 7 heteroatoms. The molecule has 3 rings (SSSR count). The Labute approximate surface area is 134 Å². The normalized spacial score (nSPS) is 12.9. The Morgan fingerprint density at radius 1 is 1.09 bits per heavy atom. The molecule has 118 valence electrons. The molecule has 0 N–H and O–H groups in total. The molecule has 0 aliphatic rings. The molecular weight excluding hydrogens is 314 g/mol. The van der Waals surface area contributed by atoms with Crippen LogP contribution in [0.4, 0.5) is 0 Å². The van der Waals surface area contributed by atoms with Gasteiger partial charge in [0.25, 0.3) is 0 Å². The number of hydrogen-bond acceptors (Lipinski definition) is 6. The van der Waals surface area contributed by atoms with Crippen LogP contribution in [-0.4, -0.2) is 23.5 Å². The van der Waals surface area contributed by atoms with Gasteiger partial charge in [-0.15, -0.1) is 0 Å². The van der Waals surface area contributed by atoms with Crippen molar-refractivity contribution in [2.75, 3.05) is 0 Å². The quantitative estimate of drug-likeness (QED) is 0.715. The molecule has 0 saturated carbocycles. The van der Waals surface area contributed by atoms with Crippen molar-refractivity contribution in [3.8, 4) is 0 Å². The first kappa shape index (κ1) is 15.4. The zero-order chi connectivity index (χ0) is 16.3. The van der Waals surface area contributed by atoms with E-state index in [2.05, 4.69) is 15.1 Å². The number of rotatable bonds is 5. The van der Waals surface area contributed by atoms with Crippen molar-refractivity contribution in [2.24, 2.45) is 0 Å². The first-order valence-corrected chi connectivity index (χ1v) is 8.63. The predicted octanol–water partition coefficient (Wildman–Crippen LogP) is 2.59. The van der Waals surface area contributed by atoms with E-state index in [1.807, 2.05) is 30.3 Å². The Kier molecular flexibility index (Phi) is 4.20. The van der Waals surface area contributed by atoms with E-state index in [9.17, 15) is 8.42 Å². The van der Waals surface area contributed by atoms with Gasteiger partial charge in [0.15, 0.2) is 10.9 Å².